The normalized spacial score (nSPS) is 12.2. The molecule has 2 aromatic heterocycles. The van der Waals surface area contributed by atoms with Crippen LogP contribution in [0.25, 0.3) is 0 Å². The van der Waals surface area contributed by atoms with Crippen molar-refractivity contribution in [3.05, 3.63) is 34.2 Å². The van der Waals surface area contributed by atoms with Crippen LogP contribution in [-0.2, 0) is 0 Å². The van der Waals surface area contributed by atoms with E-state index in [2.05, 4.69) is 27.5 Å². The predicted octanol–water partition coefficient (Wildman–Crippen LogP) is 2.81. The number of aromatic nitrogens is 2. The summed E-state index contributed by atoms with van der Waals surface area (Å²) in [5.41, 5.74) is 1.89. The fraction of sp³-hybridized carbons (Fsp3) is 0.429. The number of hydrogen-bond donors (Lipinski definition) is 3. The van der Waals surface area contributed by atoms with Crippen LogP contribution in [0.15, 0.2) is 23.0 Å². The van der Waals surface area contributed by atoms with Gasteiger partial charge in [0, 0.05) is 24.8 Å². The van der Waals surface area contributed by atoms with Crippen LogP contribution in [0.1, 0.15) is 30.6 Å². The lowest BCUT2D eigenvalue weighted by Gasteiger charge is -2.13. The monoisotopic (exact) mass is 292 g/mol. The van der Waals surface area contributed by atoms with Crippen LogP contribution < -0.4 is 10.6 Å². The van der Waals surface area contributed by atoms with Gasteiger partial charge in [-0.3, -0.25) is 0 Å². The van der Waals surface area contributed by atoms with Gasteiger partial charge >= 0.3 is 0 Å². The molecule has 0 radical (unpaired) electrons. The molecule has 0 spiro atoms. The first-order chi connectivity index (χ1) is 9.70. The molecule has 2 heterocycles. The Hall–Kier alpha value is -1.66. The average Bonchev–Trinajstić information content (AvgIpc) is 2.99. The van der Waals surface area contributed by atoms with Gasteiger partial charge in [0.25, 0.3) is 0 Å². The minimum Gasteiger partial charge on any atom is -0.387 e. The van der Waals surface area contributed by atoms with E-state index in [1.807, 2.05) is 23.8 Å². The summed E-state index contributed by atoms with van der Waals surface area (Å²) in [6, 6.07) is 1.93. The molecule has 1 unspecified atom stereocenters. The van der Waals surface area contributed by atoms with Crippen molar-refractivity contribution >= 4 is 23.1 Å². The number of aliphatic hydroxyl groups excluding tert-OH is 1. The summed E-state index contributed by atoms with van der Waals surface area (Å²) in [5, 5.41) is 20.3. The Morgan fingerprint density at radius 3 is 2.95 bits per heavy atom. The predicted molar refractivity (Wildman–Crippen MR) is 83.3 cm³/mol. The van der Waals surface area contributed by atoms with E-state index in [4.69, 9.17) is 0 Å². The molecule has 0 saturated heterocycles. The van der Waals surface area contributed by atoms with E-state index >= 15 is 0 Å². The molecule has 2 aromatic rings. The van der Waals surface area contributed by atoms with Crippen LogP contribution in [0.5, 0.6) is 0 Å². The molecule has 0 aliphatic heterocycles. The van der Waals surface area contributed by atoms with Crippen molar-refractivity contribution in [1.29, 1.82) is 0 Å². The molecule has 6 heteroatoms. The highest BCUT2D eigenvalue weighted by Crippen LogP contribution is 2.18. The summed E-state index contributed by atoms with van der Waals surface area (Å²) < 4.78 is 0. The molecular weight excluding hydrogens is 272 g/mol. The standard InChI is InChI=1S/C14H20N4OS/c1-3-5-15-14-17-7-10(2)13(18-14)16-8-12(19)11-4-6-20-9-11/h4,6-7,9,12,19H,3,5,8H2,1-2H3,(H2,15,16,17,18). The molecule has 3 N–H and O–H groups in total. The minimum atomic E-state index is -0.525. The first-order valence-corrected chi connectivity index (χ1v) is 7.66. The van der Waals surface area contributed by atoms with Crippen molar-refractivity contribution < 1.29 is 5.11 Å². The van der Waals surface area contributed by atoms with E-state index in [9.17, 15) is 5.11 Å². The van der Waals surface area contributed by atoms with Crippen molar-refractivity contribution in [2.24, 2.45) is 0 Å². The van der Waals surface area contributed by atoms with Crippen molar-refractivity contribution in [3.63, 3.8) is 0 Å². The third-order valence-electron chi connectivity index (χ3n) is 2.90. The first-order valence-electron chi connectivity index (χ1n) is 6.72. The van der Waals surface area contributed by atoms with Crippen molar-refractivity contribution in [2.45, 2.75) is 26.4 Å². The van der Waals surface area contributed by atoms with Gasteiger partial charge in [0.15, 0.2) is 0 Å². The Morgan fingerprint density at radius 1 is 1.40 bits per heavy atom. The topological polar surface area (TPSA) is 70.1 Å². The molecule has 0 aliphatic rings. The zero-order valence-corrected chi connectivity index (χ0v) is 12.6. The maximum absolute atomic E-state index is 10.1. The summed E-state index contributed by atoms with van der Waals surface area (Å²) in [7, 11) is 0. The molecule has 0 fully saturated rings. The second-order valence-corrected chi connectivity index (χ2v) is 5.39. The molecule has 20 heavy (non-hydrogen) atoms. The molecule has 0 bridgehead atoms. The largest absolute Gasteiger partial charge is 0.387 e. The molecule has 5 nitrogen and oxygen atoms in total. The fourth-order valence-corrected chi connectivity index (χ4v) is 2.43. The fourth-order valence-electron chi connectivity index (χ4n) is 1.72. The first kappa shape index (κ1) is 14.7. The Labute approximate surface area is 123 Å². The smallest absolute Gasteiger partial charge is 0.224 e. The van der Waals surface area contributed by atoms with Crippen LogP contribution in [-0.4, -0.2) is 28.2 Å². The molecule has 0 amide bonds. The number of hydrogen-bond acceptors (Lipinski definition) is 6. The van der Waals surface area contributed by atoms with Crippen molar-refractivity contribution in [3.8, 4) is 0 Å². The van der Waals surface area contributed by atoms with Gasteiger partial charge < -0.3 is 15.7 Å². The van der Waals surface area contributed by atoms with Crippen molar-refractivity contribution in [2.75, 3.05) is 23.7 Å². The second-order valence-electron chi connectivity index (χ2n) is 4.61. The van der Waals surface area contributed by atoms with Gasteiger partial charge in [0.05, 0.1) is 6.10 Å². The number of anilines is 2. The van der Waals surface area contributed by atoms with Crippen LogP contribution in [0.3, 0.4) is 0 Å². The SMILES string of the molecule is CCCNc1ncc(C)c(NCC(O)c2ccsc2)n1. The van der Waals surface area contributed by atoms with E-state index < -0.39 is 6.10 Å². The number of nitrogens with zero attached hydrogens (tertiary/aromatic N) is 2. The number of nitrogens with one attached hydrogen (secondary N) is 2. The molecule has 108 valence electrons. The maximum atomic E-state index is 10.1. The number of aryl methyl sites for hydroxylation is 1. The van der Waals surface area contributed by atoms with Gasteiger partial charge in [-0.15, -0.1) is 0 Å². The quantitative estimate of drug-likeness (QED) is 0.732. The summed E-state index contributed by atoms with van der Waals surface area (Å²) in [6.07, 6.45) is 2.28. The highest BCUT2D eigenvalue weighted by Gasteiger charge is 2.09. The van der Waals surface area contributed by atoms with E-state index in [1.165, 1.54) is 0 Å². The van der Waals surface area contributed by atoms with Gasteiger partial charge in [-0.05, 0) is 35.7 Å². The molecule has 0 aliphatic carbocycles. The van der Waals surface area contributed by atoms with Gasteiger partial charge in [-0.1, -0.05) is 6.92 Å². The number of thiophene rings is 1. The zero-order chi connectivity index (χ0) is 14.4. The van der Waals surface area contributed by atoms with Crippen LogP contribution >= 0.6 is 11.3 Å². The number of rotatable bonds is 7. The highest BCUT2D eigenvalue weighted by atomic mass is 32.1. The zero-order valence-electron chi connectivity index (χ0n) is 11.8. The summed E-state index contributed by atoms with van der Waals surface area (Å²) >= 11 is 1.58. The Bertz CT molecular complexity index is 530. The van der Waals surface area contributed by atoms with Gasteiger partial charge in [0.2, 0.25) is 5.95 Å². The van der Waals surface area contributed by atoms with Gasteiger partial charge in [-0.25, -0.2) is 4.98 Å². The second kappa shape index (κ2) is 7.21. The third-order valence-corrected chi connectivity index (χ3v) is 3.60. The molecule has 2 rings (SSSR count). The summed E-state index contributed by atoms with van der Waals surface area (Å²) in [4.78, 5) is 8.65. The lowest BCUT2D eigenvalue weighted by molar-refractivity contribution is 0.192. The Kier molecular flexibility index (Phi) is 5.31. The summed E-state index contributed by atoms with van der Waals surface area (Å²) in [5.74, 6) is 1.37. The Morgan fingerprint density at radius 2 is 2.25 bits per heavy atom. The van der Waals surface area contributed by atoms with Gasteiger partial charge in [-0.2, -0.15) is 16.3 Å². The summed E-state index contributed by atoms with van der Waals surface area (Å²) in [6.45, 7) is 5.32. The number of aliphatic hydroxyl groups is 1. The minimum absolute atomic E-state index is 0.432. The van der Waals surface area contributed by atoms with Crippen LogP contribution in [0, 0.1) is 6.92 Å². The molecule has 0 aromatic carbocycles. The maximum Gasteiger partial charge on any atom is 0.224 e. The molecule has 0 saturated carbocycles. The highest BCUT2D eigenvalue weighted by molar-refractivity contribution is 7.07. The van der Waals surface area contributed by atoms with Crippen LogP contribution in [0.2, 0.25) is 0 Å². The molecular formula is C14H20N4OS. The third kappa shape index (κ3) is 3.91. The van der Waals surface area contributed by atoms with Crippen LogP contribution in [0.4, 0.5) is 11.8 Å². The lowest BCUT2D eigenvalue weighted by Crippen LogP contribution is -2.14. The lowest BCUT2D eigenvalue weighted by atomic mass is 10.2. The Balaban J connectivity index is 1.97. The molecule has 1 atom stereocenters. The van der Waals surface area contributed by atoms with E-state index in [0.29, 0.717) is 12.5 Å². The van der Waals surface area contributed by atoms with Crippen molar-refractivity contribution in [1.82, 2.24) is 9.97 Å². The van der Waals surface area contributed by atoms with E-state index in [-0.39, 0.29) is 0 Å². The van der Waals surface area contributed by atoms with Gasteiger partial charge in [0.1, 0.15) is 5.82 Å². The average molecular weight is 292 g/mol. The van der Waals surface area contributed by atoms with E-state index in [1.54, 1.807) is 17.5 Å². The van der Waals surface area contributed by atoms with E-state index in [0.717, 1.165) is 29.9 Å².